The highest BCUT2D eigenvalue weighted by molar-refractivity contribution is 5.95. The van der Waals surface area contributed by atoms with Crippen LogP contribution in [0, 0.1) is 6.92 Å². The van der Waals surface area contributed by atoms with Gasteiger partial charge in [0.2, 0.25) is 11.7 Å². The van der Waals surface area contributed by atoms with Gasteiger partial charge in [0, 0.05) is 36.3 Å². The van der Waals surface area contributed by atoms with E-state index in [2.05, 4.69) is 15.5 Å². The van der Waals surface area contributed by atoms with E-state index in [9.17, 15) is 9.59 Å². The molecule has 182 valence electrons. The Morgan fingerprint density at radius 2 is 1.72 bits per heavy atom. The maximum absolute atomic E-state index is 12.9. The Morgan fingerprint density at radius 1 is 0.972 bits per heavy atom. The van der Waals surface area contributed by atoms with E-state index < -0.39 is 0 Å². The third-order valence-electron chi connectivity index (χ3n) is 6.63. The number of likely N-dealkylation sites (tertiary alicyclic amines) is 1. The molecule has 1 N–H and O–H groups in total. The molecule has 0 radical (unpaired) electrons. The Bertz CT molecular complexity index is 1350. The summed E-state index contributed by atoms with van der Waals surface area (Å²) >= 11 is 0. The van der Waals surface area contributed by atoms with Crippen molar-refractivity contribution < 1.29 is 14.1 Å². The van der Waals surface area contributed by atoms with Crippen molar-refractivity contribution >= 4 is 11.8 Å². The fraction of sp³-hybridized carbons (Fsp3) is 0.241. The van der Waals surface area contributed by atoms with E-state index >= 15 is 0 Å². The first-order valence-electron chi connectivity index (χ1n) is 12.2. The number of carbonyl (C=O) groups is 2. The second-order valence-corrected chi connectivity index (χ2v) is 9.10. The lowest BCUT2D eigenvalue weighted by atomic mass is 9.97. The summed E-state index contributed by atoms with van der Waals surface area (Å²) in [5, 5.41) is 7.13. The monoisotopic (exact) mass is 480 g/mol. The number of aromatic nitrogens is 2. The summed E-state index contributed by atoms with van der Waals surface area (Å²) in [7, 11) is 0. The molecular formula is C29H28N4O3. The van der Waals surface area contributed by atoms with E-state index in [4.69, 9.17) is 4.52 Å². The first kappa shape index (κ1) is 23.5. The molecule has 2 heterocycles. The number of benzene rings is 3. The normalized spacial score (nSPS) is 15.5. The second kappa shape index (κ2) is 10.6. The summed E-state index contributed by atoms with van der Waals surface area (Å²) < 4.78 is 5.59. The number of piperidine rings is 1. The summed E-state index contributed by atoms with van der Waals surface area (Å²) in [4.78, 5) is 31.9. The smallest absolute Gasteiger partial charge is 0.253 e. The molecule has 5 rings (SSSR count). The van der Waals surface area contributed by atoms with Crippen LogP contribution in [-0.4, -0.2) is 39.9 Å². The molecule has 1 unspecified atom stereocenters. The van der Waals surface area contributed by atoms with Crippen LogP contribution in [0.3, 0.4) is 0 Å². The quantitative estimate of drug-likeness (QED) is 0.420. The van der Waals surface area contributed by atoms with Crippen molar-refractivity contribution in [2.75, 3.05) is 13.1 Å². The number of hydrogen-bond acceptors (Lipinski definition) is 5. The van der Waals surface area contributed by atoms with Crippen molar-refractivity contribution in [2.45, 2.75) is 32.2 Å². The molecule has 1 aromatic heterocycles. The van der Waals surface area contributed by atoms with E-state index in [-0.39, 0.29) is 17.7 Å². The van der Waals surface area contributed by atoms with Crippen LogP contribution in [0.2, 0.25) is 0 Å². The third-order valence-corrected chi connectivity index (χ3v) is 6.63. The summed E-state index contributed by atoms with van der Waals surface area (Å²) in [6, 6.07) is 24.5. The molecule has 7 nitrogen and oxygen atoms in total. The van der Waals surface area contributed by atoms with Crippen LogP contribution in [-0.2, 0) is 6.54 Å². The van der Waals surface area contributed by atoms with E-state index in [1.54, 1.807) is 12.1 Å². The molecule has 1 saturated heterocycles. The SMILES string of the molecule is Cc1ccccc1CNC(=O)c1ccc(-c2noc(C3CCCN(C(=O)c4ccccc4)C3)n2)cc1. The van der Waals surface area contributed by atoms with Crippen LogP contribution in [0.4, 0.5) is 0 Å². The van der Waals surface area contributed by atoms with E-state index in [1.165, 1.54) is 0 Å². The Labute approximate surface area is 210 Å². The van der Waals surface area contributed by atoms with E-state index in [0.717, 1.165) is 36.1 Å². The zero-order valence-corrected chi connectivity index (χ0v) is 20.2. The molecule has 0 bridgehead atoms. The number of nitrogens with zero attached hydrogens (tertiary/aromatic N) is 3. The lowest BCUT2D eigenvalue weighted by molar-refractivity contribution is 0.0695. The summed E-state index contributed by atoms with van der Waals surface area (Å²) in [5.41, 5.74) is 4.26. The summed E-state index contributed by atoms with van der Waals surface area (Å²) in [5.74, 6) is 0.901. The van der Waals surface area contributed by atoms with Gasteiger partial charge in [-0.15, -0.1) is 0 Å². The number of rotatable bonds is 6. The average Bonchev–Trinajstić information content (AvgIpc) is 3.43. The first-order chi connectivity index (χ1) is 17.6. The molecule has 1 fully saturated rings. The van der Waals surface area contributed by atoms with Crippen molar-refractivity contribution in [1.29, 1.82) is 0 Å². The minimum absolute atomic E-state index is 0.000781. The van der Waals surface area contributed by atoms with Gasteiger partial charge in [-0.05, 0) is 55.2 Å². The fourth-order valence-electron chi connectivity index (χ4n) is 4.50. The van der Waals surface area contributed by atoms with Gasteiger partial charge in [-0.2, -0.15) is 4.98 Å². The summed E-state index contributed by atoms with van der Waals surface area (Å²) in [6.07, 6.45) is 1.77. The predicted molar refractivity (Wildman–Crippen MR) is 136 cm³/mol. The number of nitrogens with one attached hydrogen (secondary N) is 1. The van der Waals surface area contributed by atoms with Crippen molar-refractivity contribution in [1.82, 2.24) is 20.4 Å². The summed E-state index contributed by atoms with van der Waals surface area (Å²) in [6.45, 7) is 3.78. The molecule has 1 aliphatic heterocycles. The maximum Gasteiger partial charge on any atom is 0.253 e. The standard InChI is InChI=1S/C29H28N4O3/c1-20-8-5-6-11-24(20)18-30-27(34)22-15-13-21(14-16-22)26-31-28(36-32-26)25-12-7-17-33(19-25)29(35)23-9-3-2-4-10-23/h2-6,8-11,13-16,25H,7,12,17-19H2,1H3,(H,30,34). The van der Waals surface area contributed by atoms with Crippen molar-refractivity contribution in [3.8, 4) is 11.4 Å². The maximum atomic E-state index is 12.9. The van der Waals surface area contributed by atoms with Gasteiger partial charge in [0.05, 0.1) is 5.92 Å². The first-order valence-corrected chi connectivity index (χ1v) is 12.2. The average molecular weight is 481 g/mol. The number of hydrogen-bond donors (Lipinski definition) is 1. The van der Waals surface area contributed by atoms with Crippen LogP contribution >= 0.6 is 0 Å². The minimum Gasteiger partial charge on any atom is -0.348 e. The van der Waals surface area contributed by atoms with Crippen LogP contribution in [0.25, 0.3) is 11.4 Å². The van der Waals surface area contributed by atoms with E-state index in [1.807, 2.05) is 78.6 Å². The van der Waals surface area contributed by atoms with Gasteiger partial charge in [-0.3, -0.25) is 9.59 Å². The van der Waals surface area contributed by atoms with Gasteiger partial charge in [0.1, 0.15) is 0 Å². The Kier molecular flexibility index (Phi) is 6.89. The highest BCUT2D eigenvalue weighted by Crippen LogP contribution is 2.28. The molecule has 1 aliphatic rings. The second-order valence-electron chi connectivity index (χ2n) is 9.10. The van der Waals surface area contributed by atoms with E-state index in [0.29, 0.717) is 35.9 Å². The lowest BCUT2D eigenvalue weighted by Crippen LogP contribution is -2.39. The topological polar surface area (TPSA) is 88.3 Å². The molecule has 3 aromatic carbocycles. The Morgan fingerprint density at radius 3 is 2.50 bits per heavy atom. The van der Waals surface area contributed by atoms with Gasteiger partial charge in [-0.1, -0.05) is 59.8 Å². The molecule has 0 saturated carbocycles. The van der Waals surface area contributed by atoms with Gasteiger partial charge in [0.25, 0.3) is 11.8 Å². The number of aryl methyl sites for hydroxylation is 1. The highest BCUT2D eigenvalue weighted by Gasteiger charge is 2.29. The van der Waals surface area contributed by atoms with Gasteiger partial charge < -0.3 is 14.7 Å². The zero-order valence-electron chi connectivity index (χ0n) is 20.2. The molecule has 4 aromatic rings. The molecule has 0 spiro atoms. The largest absolute Gasteiger partial charge is 0.348 e. The van der Waals surface area contributed by atoms with Gasteiger partial charge >= 0.3 is 0 Å². The minimum atomic E-state index is -0.135. The molecule has 36 heavy (non-hydrogen) atoms. The molecular weight excluding hydrogens is 452 g/mol. The predicted octanol–water partition coefficient (Wildman–Crippen LogP) is 4.99. The van der Waals surface area contributed by atoms with Crippen molar-refractivity contribution in [3.05, 3.63) is 107 Å². The van der Waals surface area contributed by atoms with Crippen LogP contribution in [0.15, 0.2) is 83.4 Å². The van der Waals surface area contributed by atoms with Crippen LogP contribution < -0.4 is 5.32 Å². The van der Waals surface area contributed by atoms with Crippen LogP contribution in [0.5, 0.6) is 0 Å². The number of carbonyl (C=O) groups excluding carboxylic acids is 2. The molecule has 1 atom stereocenters. The van der Waals surface area contributed by atoms with Crippen molar-refractivity contribution in [2.24, 2.45) is 0 Å². The Hall–Kier alpha value is -4.26. The van der Waals surface area contributed by atoms with Gasteiger partial charge in [0.15, 0.2) is 0 Å². The lowest BCUT2D eigenvalue weighted by Gasteiger charge is -2.31. The molecule has 0 aliphatic carbocycles. The zero-order chi connectivity index (χ0) is 24.9. The van der Waals surface area contributed by atoms with Gasteiger partial charge in [-0.25, -0.2) is 0 Å². The third kappa shape index (κ3) is 5.20. The molecule has 7 heteroatoms. The number of amides is 2. The van der Waals surface area contributed by atoms with Crippen molar-refractivity contribution in [3.63, 3.8) is 0 Å². The fourth-order valence-corrected chi connectivity index (χ4v) is 4.50. The Balaban J connectivity index is 1.22. The highest BCUT2D eigenvalue weighted by atomic mass is 16.5. The molecule has 2 amide bonds. The van der Waals surface area contributed by atoms with Crippen LogP contribution in [0.1, 0.15) is 56.5 Å².